The lowest BCUT2D eigenvalue weighted by atomic mass is 10.0. The highest BCUT2D eigenvalue weighted by Gasteiger charge is 2.29. The fourth-order valence-electron chi connectivity index (χ4n) is 2.78. The van der Waals surface area contributed by atoms with Gasteiger partial charge in [-0.05, 0) is 46.9 Å². The first-order valence-corrected chi connectivity index (χ1v) is 6.55. The van der Waals surface area contributed by atoms with Crippen LogP contribution in [0.1, 0.15) is 33.2 Å². The Morgan fingerprint density at radius 2 is 1.91 bits per heavy atom. The molecule has 1 unspecified atom stereocenters. The Hall–Kier alpha value is -2.37. The van der Waals surface area contributed by atoms with Gasteiger partial charge in [0.2, 0.25) is 0 Å². The molecular weight excluding hydrogens is 302 g/mol. The minimum atomic E-state index is -0.733. The predicted octanol–water partition coefficient (Wildman–Crippen LogP) is 1.89. The molecule has 0 radical (unpaired) electrons. The number of benzene rings is 2. The van der Waals surface area contributed by atoms with Gasteiger partial charge in [-0.25, -0.2) is 0 Å². The van der Waals surface area contributed by atoms with E-state index in [0.29, 0.717) is 11.1 Å². The third-order valence-corrected chi connectivity index (χ3v) is 3.71. The lowest BCUT2D eigenvalue weighted by Gasteiger charge is -2.08. The van der Waals surface area contributed by atoms with E-state index in [0.717, 1.165) is 22.3 Å². The molecule has 0 aliphatic heterocycles. The monoisotopic (exact) mass is 317 g/mol. The Bertz CT molecular complexity index is 783. The van der Waals surface area contributed by atoms with Crippen LogP contribution in [-0.4, -0.2) is 17.0 Å². The summed E-state index contributed by atoms with van der Waals surface area (Å²) >= 11 is 0. The molecule has 0 heterocycles. The molecular formula is C16H16ClN3O2. The van der Waals surface area contributed by atoms with Crippen molar-refractivity contribution < 1.29 is 9.90 Å². The SMILES string of the molecule is Cc1cccc2c1C(O)c1cc(C(=O)N=C(N)N)ccc1-2.Cl. The molecule has 0 saturated carbocycles. The number of hydrogen-bond donors (Lipinski definition) is 3. The first-order chi connectivity index (χ1) is 9.99. The number of rotatable bonds is 1. The smallest absolute Gasteiger partial charge is 0.280 e. The Balaban J connectivity index is 0.00000176. The van der Waals surface area contributed by atoms with E-state index >= 15 is 0 Å². The Morgan fingerprint density at radius 1 is 1.18 bits per heavy atom. The van der Waals surface area contributed by atoms with E-state index in [9.17, 15) is 9.90 Å². The standard InChI is InChI=1S/C16H15N3O2.ClH/c1-8-3-2-4-11-10-6-5-9(15(21)19-16(17)18)7-12(10)14(20)13(8)11;/h2-7,14,20H,1H3,(H4,17,18,19,21);1H. The number of aliphatic hydroxyl groups is 1. The largest absolute Gasteiger partial charge is 0.384 e. The zero-order valence-corrected chi connectivity index (χ0v) is 12.7. The van der Waals surface area contributed by atoms with Crippen molar-refractivity contribution in [1.82, 2.24) is 0 Å². The van der Waals surface area contributed by atoms with Gasteiger partial charge in [-0.2, -0.15) is 4.99 Å². The molecule has 1 aliphatic rings. The van der Waals surface area contributed by atoms with Crippen molar-refractivity contribution in [2.24, 2.45) is 16.5 Å². The fourth-order valence-corrected chi connectivity index (χ4v) is 2.78. The van der Waals surface area contributed by atoms with E-state index in [1.807, 2.05) is 31.2 Å². The van der Waals surface area contributed by atoms with Crippen molar-refractivity contribution in [2.45, 2.75) is 13.0 Å². The molecule has 1 aliphatic carbocycles. The van der Waals surface area contributed by atoms with Crippen LogP contribution in [0.25, 0.3) is 11.1 Å². The van der Waals surface area contributed by atoms with Crippen molar-refractivity contribution in [2.75, 3.05) is 0 Å². The van der Waals surface area contributed by atoms with Crippen LogP contribution in [0.4, 0.5) is 0 Å². The van der Waals surface area contributed by atoms with Crippen molar-refractivity contribution in [3.05, 3.63) is 58.7 Å². The predicted molar refractivity (Wildman–Crippen MR) is 88.1 cm³/mol. The molecule has 1 atom stereocenters. The van der Waals surface area contributed by atoms with Crippen LogP contribution < -0.4 is 11.5 Å². The molecule has 114 valence electrons. The molecule has 5 nitrogen and oxygen atoms in total. The molecule has 0 aromatic heterocycles. The zero-order valence-electron chi connectivity index (χ0n) is 11.9. The van der Waals surface area contributed by atoms with E-state index in [1.165, 1.54) is 0 Å². The molecule has 22 heavy (non-hydrogen) atoms. The maximum Gasteiger partial charge on any atom is 0.280 e. The number of nitrogens with zero attached hydrogens (tertiary/aromatic N) is 1. The lowest BCUT2D eigenvalue weighted by molar-refractivity contribution is 0.100. The van der Waals surface area contributed by atoms with Gasteiger partial charge >= 0.3 is 0 Å². The number of guanidine groups is 1. The normalized spacial score (nSPS) is 14.5. The summed E-state index contributed by atoms with van der Waals surface area (Å²) in [5.74, 6) is -0.794. The van der Waals surface area contributed by atoms with Crippen molar-refractivity contribution >= 4 is 24.3 Å². The van der Waals surface area contributed by atoms with Crippen molar-refractivity contribution in [3.8, 4) is 11.1 Å². The summed E-state index contributed by atoms with van der Waals surface area (Å²) in [5.41, 5.74) is 15.3. The van der Waals surface area contributed by atoms with Gasteiger partial charge in [-0.3, -0.25) is 4.79 Å². The van der Waals surface area contributed by atoms with E-state index in [1.54, 1.807) is 12.1 Å². The molecule has 0 spiro atoms. The second-order valence-electron chi connectivity index (χ2n) is 5.08. The third kappa shape index (κ3) is 2.45. The molecule has 2 aromatic carbocycles. The Morgan fingerprint density at radius 3 is 2.59 bits per heavy atom. The van der Waals surface area contributed by atoms with Crippen LogP contribution in [-0.2, 0) is 0 Å². The van der Waals surface area contributed by atoms with Crippen LogP contribution in [0.3, 0.4) is 0 Å². The molecule has 0 bridgehead atoms. The van der Waals surface area contributed by atoms with Gasteiger partial charge < -0.3 is 16.6 Å². The van der Waals surface area contributed by atoms with Crippen LogP contribution in [0.15, 0.2) is 41.4 Å². The van der Waals surface area contributed by atoms with Crippen LogP contribution in [0.2, 0.25) is 0 Å². The number of carbonyl (C=O) groups excluding carboxylic acids is 1. The number of hydrogen-bond acceptors (Lipinski definition) is 2. The quantitative estimate of drug-likeness (QED) is 0.552. The summed E-state index contributed by atoms with van der Waals surface area (Å²) in [7, 11) is 0. The average Bonchev–Trinajstić information content (AvgIpc) is 2.72. The fraction of sp³-hybridized carbons (Fsp3) is 0.125. The number of aliphatic hydroxyl groups excluding tert-OH is 1. The third-order valence-electron chi connectivity index (χ3n) is 3.71. The number of carbonyl (C=O) groups is 1. The minimum Gasteiger partial charge on any atom is -0.384 e. The van der Waals surface area contributed by atoms with Crippen LogP contribution in [0, 0.1) is 6.92 Å². The van der Waals surface area contributed by atoms with Gasteiger partial charge in [0.05, 0.1) is 0 Å². The first kappa shape index (κ1) is 16.0. The Labute approximate surface area is 134 Å². The highest BCUT2D eigenvalue weighted by molar-refractivity contribution is 6.02. The maximum absolute atomic E-state index is 11.9. The second-order valence-corrected chi connectivity index (χ2v) is 5.08. The van der Waals surface area contributed by atoms with E-state index in [2.05, 4.69) is 4.99 Å². The second kappa shape index (κ2) is 5.79. The van der Waals surface area contributed by atoms with Crippen molar-refractivity contribution in [1.29, 1.82) is 0 Å². The summed E-state index contributed by atoms with van der Waals surface area (Å²) in [6, 6.07) is 11.0. The van der Waals surface area contributed by atoms with E-state index in [4.69, 9.17) is 11.5 Å². The maximum atomic E-state index is 11.9. The van der Waals surface area contributed by atoms with E-state index in [-0.39, 0.29) is 18.4 Å². The number of nitrogens with two attached hydrogens (primary N) is 2. The highest BCUT2D eigenvalue weighted by Crippen LogP contribution is 2.45. The lowest BCUT2D eigenvalue weighted by Crippen LogP contribution is -2.24. The van der Waals surface area contributed by atoms with Gasteiger partial charge in [-0.1, -0.05) is 24.3 Å². The zero-order chi connectivity index (χ0) is 15.1. The summed E-state index contributed by atoms with van der Waals surface area (Å²) < 4.78 is 0. The molecule has 1 amide bonds. The molecule has 5 N–H and O–H groups in total. The molecule has 6 heteroatoms. The van der Waals surface area contributed by atoms with Crippen molar-refractivity contribution in [3.63, 3.8) is 0 Å². The number of aliphatic imine (C=N–C) groups is 1. The summed E-state index contributed by atoms with van der Waals surface area (Å²) in [4.78, 5) is 15.4. The highest BCUT2D eigenvalue weighted by atomic mass is 35.5. The van der Waals surface area contributed by atoms with Gasteiger partial charge in [-0.15, -0.1) is 12.4 Å². The Kier molecular flexibility index (Phi) is 4.21. The van der Waals surface area contributed by atoms with E-state index < -0.39 is 12.0 Å². The topological polar surface area (TPSA) is 102 Å². The van der Waals surface area contributed by atoms with Gasteiger partial charge in [0.1, 0.15) is 6.10 Å². The molecule has 0 saturated heterocycles. The van der Waals surface area contributed by atoms with Gasteiger partial charge in [0, 0.05) is 5.56 Å². The molecule has 2 aromatic rings. The van der Waals surface area contributed by atoms with Gasteiger partial charge in [0.15, 0.2) is 5.96 Å². The van der Waals surface area contributed by atoms with Gasteiger partial charge in [0.25, 0.3) is 5.91 Å². The number of aryl methyl sites for hydroxylation is 1. The summed E-state index contributed by atoms with van der Waals surface area (Å²) in [6.45, 7) is 1.96. The summed E-state index contributed by atoms with van der Waals surface area (Å²) in [6.07, 6.45) is -0.733. The molecule has 3 rings (SSSR count). The minimum absolute atomic E-state index is 0. The number of amides is 1. The van der Waals surface area contributed by atoms with Crippen LogP contribution >= 0.6 is 12.4 Å². The average molecular weight is 318 g/mol. The number of halogens is 1. The van der Waals surface area contributed by atoms with Crippen LogP contribution in [0.5, 0.6) is 0 Å². The molecule has 0 fully saturated rings. The summed E-state index contributed by atoms with van der Waals surface area (Å²) in [5, 5.41) is 10.5. The first-order valence-electron chi connectivity index (χ1n) is 6.55. The number of fused-ring (bicyclic) bond motifs is 3.